The first-order valence-electron chi connectivity index (χ1n) is 9.35. The van der Waals surface area contributed by atoms with E-state index in [1.54, 1.807) is 43.3 Å². The van der Waals surface area contributed by atoms with E-state index in [-0.39, 0.29) is 11.5 Å². The minimum absolute atomic E-state index is 0.188. The second-order valence-electron chi connectivity index (χ2n) is 7.02. The number of carbonyl (C=O) groups is 2. The second kappa shape index (κ2) is 8.14. The summed E-state index contributed by atoms with van der Waals surface area (Å²) in [6.07, 6.45) is -4.50. The summed E-state index contributed by atoms with van der Waals surface area (Å²) in [6, 6.07) is 15.5. The Hall–Kier alpha value is -3.20. The fourth-order valence-electron chi connectivity index (χ4n) is 3.15. The molecule has 0 saturated heterocycles. The van der Waals surface area contributed by atoms with Crippen molar-refractivity contribution in [2.45, 2.75) is 24.5 Å². The number of fused-ring (bicyclic) bond motifs is 1. The van der Waals surface area contributed by atoms with Crippen LogP contribution in [-0.4, -0.2) is 23.4 Å². The second-order valence-corrected chi connectivity index (χ2v) is 8.00. The SMILES string of the molecule is CC(C(=O)N[C@H]1NC(C(F)(F)F)=CS1)c1cccc(C(=O)c2cc3ccccc3o2)c1. The minimum atomic E-state index is -4.50. The summed E-state index contributed by atoms with van der Waals surface area (Å²) in [7, 11) is 0. The van der Waals surface area contributed by atoms with Gasteiger partial charge in [0.05, 0.1) is 5.92 Å². The molecule has 3 aromatic rings. The van der Waals surface area contributed by atoms with Crippen LogP contribution in [0.2, 0.25) is 0 Å². The van der Waals surface area contributed by atoms with Crippen LogP contribution in [0.1, 0.15) is 34.5 Å². The normalized spacial score (nSPS) is 17.2. The van der Waals surface area contributed by atoms with E-state index in [0.717, 1.165) is 22.6 Å². The van der Waals surface area contributed by atoms with Crippen molar-refractivity contribution < 1.29 is 27.2 Å². The lowest BCUT2D eigenvalue weighted by Gasteiger charge is -2.19. The average Bonchev–Trinajstić information content (AvgIpc) is 3.39. The molecule has 1 amide bonds. The molecular formula is C22H17F3N2O3S. The zero-order valence-electron chi connectivity index (χ0n) is 16.2. The van der Waals surface area contributed by atoms with E-state index >= 15 is 0 Å². The summed E-state index contributed by atoms with van der Waals surface area (Å²) in [5, 5.41) is 6.51. The molecule has 0 bridgehead atoms. The smallest absolute Gasteiger partial charge is 0.431 e. The number of furan rings is 1. The van der Waals surface area contributed by atoms with Gasteiger partial charge in [-0.05, 0) is 30.7 Å². The standard InChI is InChI=1S/C22H17F3N2O3S/c1-12(20(29)27-21-26-18(11-31-21)22(23,24)25)13-6-4-7-15(9-13)19(28)17-10-14-5-2-3-8-16(14)30-17/h2-12,21,26H,1H3,(H,27,29)/t12?,21-/m1/s1. The summed E-state index contributed by atoms with van der Waals surface area (Å²) >= 11 is 0.834. The molecule has 31 heavy (non-hydrogen) atoms. The Morgan fingerprint density at radius 1 is 1.13 bits per heavy atom. The van der Waals surface area contributed by atoms with E-state index in [1.165, 1.54) is 0 Å². The molecule has 1 aromatic heterocycles. The first-order chi connectivity index (χ1) is 14.7. The summed E-state index contributed by atoms with van der Waals surface area (Å²) in [5.74, 6) is -1.28. The molecule has 1 unspecified atom stereocenters. The lowest BCUT2D eigenvalue weighted by Crippen LogP contribution is -2.43. The number of para-hydroxylation sites is 1. The van der Waals surface area contributed by atoms with Crippen LogP contribution < -0.4 is 10.6 Å². The number of alkyl halides is 3. The molecule has 2 N–H and O–H groups in total. The summed E-state index contributed by atoms with van der Waals surface area (Å²) in [4.78, 5) is 25.4. The number of halogens is 3. The van der Waals surface area contributed by atoms with Gasteiger partial charge >= 0.3 is 6.18 Å². The first kappa shape index (κ1) is 21.0. The highest BCUT2D eigenvalue weighted by molar-refractivity contribution is 8.02. The number of hydrogen-bond donors (Lipinski definition) is 2. The molecule has 2 aromatic carbocycles. The Labute approximate surface area is 179 Å². The third kappa shape index (κ3) is 4.46. The van der Waals surface area contributed by atoms with Crippen molar-refractivity contribution in [3.05, 3.63) is 82.6 Å². The van der Waals surface area contributed by atoms with E-state index in [4.69, 9.17) is 4.42 Å². The van der Waals surface area contributed by atoms with Gasteiger partial charge in [0, 0.05) is 16.4 Å². The maximum Gasteiger partial charge on any atom is 0.431 e. The molecule has 2 heterocycles. The Bertz CT molecular complexity index is 1150. The molecule has 4 rings (SSSR count). The molecule has 9 heteroatoms. The minimum Gasteiger partial charge on any atom is -0.453 e. The lowest BCUT2D eigenvalue weighted by atomic mass is 9.96. The van der Waals surface area contributed by atoms with Crippen molar-refractivity contribution in [2.75, 3.05) is 0 Å². The van der Waals surface area contributed by atoms with Crippen molar-refractivity contribution in [3.63, 3.8) is 0 Å². The number of benzene rings is 2. The van der Waals surface area contributed by atoms with Gasteiger partial charge in [-0.2, -0.15) is 13.2 Å². The fraction of sp³-hybridized carbons (Fsp3) is 0.182. The largest absolute Gasteiger partial charge is 0.453 e. The molecule has 1 aliphatic heterocycles. The third-order valence-corrected chi connectivity index (χ3v) is 5.76. The third-order valence-electron chi connectivity index (χ3n) is 4.88. The van der Waals surface area contributed by atoms with E-state index in [2.05, 4.69) is 10.6 Å². The molecule has 5 nitrogen and oxygen atoms in total. The van der Waals surface area contributed by atoms with E-state index < -0.39 is 29.2 Å². The van der Waals surface area contributed by atoms with Gasteiger partial charge in [-0.15, -0.1) is 0 Å². The van der Waals surface area contributed by atoms with Gasteiger partial charge in [-0.25, -0.2) is 0 Å². The number of rotatable bonds is 5. The fourth-order valence-corrected chi connectivity index (χ4v) is 4.01. The number of amides is 1. The van der Waals surface area contributed by atoms with Crippen LogP contribution in [-0.2, 0) is 4.79 Å². The maximum atomic E-state index is 12.8. The molecule has 2 atom stereocenters. The number of thioether (sulfide) groups is 1. The highest BCUT2D eigenvalue weighted by Gasteiger charge is 2.38. The van der Waals surface area contributed by atoms with Gasteiger partial charge in [0.2, 0.25) is 11.7 Å². The van der Waals surface area contributed by atoms with Crippen LogP contribution >= 0.6 is 11.8 Å². The molecule has 1 aliphatic rings. The molecular weight excluding hydrogens is 429 g/mol. The van der Waals surface area contributed by atoms with Crippen LogP contribution in [0.4, 0.5) is 13.2 Å². The number of ketones is 1. The maximum absolute atomic E-state index is 12.8. The van der Waals surface area contributed by atoms with Gasteiger partial charge < -0.3 is 15.1 Å². The van der Waals surface area contributed by atoms with Crippen LogP contribution in [0.25, 0.3) is 11.0 Å². The summed E-state index contributed by atoms with van der Waals surface area (Å²) in [5.41, 5.74) is -0.291. The predicted molar refractivity (Wildman–Crippen MR) is 111 cm³/mol. The highest BCUT2D eigenvalue weighted by Crippen LogP contribution is 2.32. The predicted octanol–water partition coefficient (Wildman–Crippen LogP) is 4.91. The zero-order chi connectivity index (χ0) is 22.2. The molecule has 0 fully saturated rings. The average molecular weight is 446 g/mol. The van der Waals surface area contributed by atoms with Crippen molar-refractivity contribution in [1.82, 2.24) is 10.6 Å². The molecule has 0 radical (unpaired) electrons. The number of nitrogens with one attached hydrogen (secondary N) is 2. The first-order valence-corrected chi connectivity index (χ1v) is 10.3. The van der Waals surface area contributed by atoms with Crippen molar-refractivity contribution in [1.29, 1.82) is 0 Å². The van der Waals surface area contributed by atoms with Gasteiger partial charge in [0.25, 0.3) is 0 Å². The van der Waals surface area contributed by atoms with Crippen LogP contribution in [0.5, 0.6) is 0 Å². The summed E-state index contributed by atoms with van der Waals surface area (Å²) in [6.45, 7) is 1.62. The van der Waals surface area contributed by atoms with Crippen molar-refractivity contribution in [2.24, 2.45) is 0 Å². The van der Waals surface area contributed by atoms with Crippen molar-refractivity contribution >= 4 is 34.4 Å². The Balaban J connectivity index is 1.46. The van der Waals surface area contributed by atoms with E-state index in [0.29, 0.717) is 16.7 Å². The highest BCUT2D eigenvalue weighted by atomic mass is 32.2. The topological polar surface area (TPSA) is 71.3 Å². The molecule has 160 valence electrons. The van der Waals surface area contributed by atoms with E-state index in [1.807, 2.05) is 18.2 Å². The number of carbonyl (C=O) groups excluding carboxylic acids is 2. The van der Waals surface area contributed by atoms with Gasteiger partial charge in [-0.1, -0.05) is 48.2 Å². The molecule has 0 spiro atoms. The Morgan fingerprint density at radius 2 is 1.90 bits per heavy atom. The van der Waals surface area contributed by atoms with E-state index in [9.17, 15) is 22.8 Å². The van der Waals surface area contributed by atoms with Crippen LogP contribution in [0.3, 0.4) is 0 Å². The van der Waals surface area contributed by atoms with Crippen LogP contribution in [0, 0.1) is 0 Å². The lowest BCUT2D eigenvalue weighted by molar-refractivity contribution is -0.123. The van der Waals surface area contributed by atoms with Gasteiger partial charge in [0.15, 0.2) is 11.3 Å². The number of hydrogen-bond acceptors (Lipinski definition) is 5. The Kier molecular flexibility index (Phi) is 5.53. The summed E-state index contributed by atoms with van der Waals surface area (Å²) < 4.78 is 43.8. The van der Waals surface area contributed by atoms with Gasteiger partial charge in [-0.3, -0.25) is 9.59 Å². The van der Waals surface area contributed by atoms with Crippen molar-refractivity contribution in [3.8, 4) is 0 Å². The quantitative estimate of drug-likeness (QED) is 0.545. The molecule has 0 aliphatic carbocycles. The number of allylic oxidation sites excluding steroid dienone is 1. The van der Waals surface area contributed by atoms with Crippen LogP contribution in [0.15, 0.2) is 70.1 Å². The monoisotopic (exact) mass is 446 g/mol. The van der Waals surface area contributed by atoms with Gasteiger partial charge in [0.1, 0.15) is 11.3 Å². The zero-order valence-corrected chi connectivity index (χ0v) is 17.0. The molecule has 0 saturated carbocycles. The Morgan fingerprint density at radius 3 is 2.61 bits per heavy atom.